The lowest BCUT2D eigenvalue weighted by Crippen LogP contribution is -2.45. The molecule has 2 fully saturated rings. The minimum atomic E-state index is -4.25. The molecule has 3 heterocycles. The number of aliphatic hydroxyl groups excluding tert-OH is 2. The number of ether oxygens (including phenoxy) is 2. The van der Waals surface area contributed by atoms with Crippen LogP contribution in [0.4, 0.5) is 5.82 Å². The molecule has 1 aliphatic carbocycles. The topological polar surface area (TPSA) is 180 Å². The molecule has 0 bridgehead atoms. The number of nitrogens with one attached hydrogen (secondary N) is 1. The van der Waals surface area contributed by atoms with Gasteiger partial charge in [0.15, 0.2) is 5.82 Å². The molecule has 13 nitrogen and oxygen atoms in total. The number of benzene rings is 1. The summed E-state index contributed by atoms with van der Waals surface area (Å²) in [6.07, 6.45) is 0.767. The number of para-hydroxylation sites is 1. The average molecular weight is 604 g/mol. The number of carbonyl (C=O) groups excluding carboxylic acids is 1. The number of hydrogen-bond acceptors (Lipinski definition) is 11. The molecule has 2 aliphatic rings. The molecule has 14 heteroatoms. The van der Waals surface area contributed by atoms with Crippen molar-refractivity contribution in [3.63, 3.8) is 0 Å². The predicted octanol–water partition coefficient (Wildman–Crippen LogP) is 3.17. The van der Waals surface area contributed by atoms with Crippen molar-refractivity contribution in [2.45, 2.75) is 82.5 Å². The monoisotopic (exact) mass is 603 g/mol. The molecule has 0 spiro atoms. The van der Waals surface area contributed by atoms with Gasteiger partial charge in [0.1, 0.15) is 53.7 Å². The summed E-state index contributed by atoms with van der Waals surface area (Å²) in [5.41, 5.74) is 5.36. The van der Waals surface area contributed by atoms with Gasteiger partial charge >= 0.3 is 13.7 Å². The zero-order chi connectivity index (χ0) is 30.1. The molecular weight excluding hydrogens is 565 g/mol. The standard InChI is InChI=1S/C28H38N5O8P/c1-17-9-11-19(12-10-17)39-27(36)18(2)32-42(37,41-20-7-5-4-6-8-20)38-15-28(3)25(35)23(34)24(40-28)21-13-14-22-26(29)30-16-31-33(21)22/h4-8,13-14,16-19,23-25,34-35H,9-12,15H2,1-3H3,(H,32,37)(H2,29,30,31)/t17?,18-,19?,23-,24-,25-,28+,42-/m0/s1. The van der Waals surface area contributed by atoms with E-state index in [2.05, 4.69) is 22.1 Å². The van der Waals surface area contributed by atoms with Crippen LogP contribution in [-0.2, 0) is 23.4 Å². The molecule has 5 rings (SSSR count). The molecule has 1 aliphatic heterocycles. The van der Waals surface area contributed by atoms with Gasteiger partial charge in [-0.1, -0.05) is 25.1 Å². The molecule has 5 N–H and O–H groups in total. The van der Waals surface area contributed by atoms with Crippen molar-refractivity contribution < 1.29 is 38.1 Å². The second-order valence-corrected chi connectivity index (χ2v) is 13.0. The summed E-state index contributed by atoms with van der Waals surface area (Å²) in [4.78, 5) is 16.9. The van der Waals surface area contributed by atoms with E-state index in [0.29, 0.717) is 17.1 Å². The van der Waals surface area contributed by atoms with E-state index < -0.39 is 50.3 Å². The minimum Gasteiger partial charge on any atom is -0.461 e. The second kappa shape index (κ2) is 12.3. The summed E-state index contributed by atoms with van der Waals surface area (Å²) in [5.74, 6) is 0.503. The van der Waals surface area contributed by atoms with E-state index in [0.717, 1.165) is 25.7 Å². The Morgan fingerprint density at radius 1 is 1.21 bits per heavy atom. The number of esters is 1. The first-order valence-electron chi connectivity index (χ1n) is 14.1. The predicted molar refractivity (Wildman–Crippen MR) is 152 cm³/mol. The van der Waals surface area contributed by atoms with Gasteiger partial charge in [-0.05, 0) is 69.7 Å². The number of carbonyl (C=O) groups is 1. The van der Waals surface area contributed by atoms with Gasteiger partial charge < -0.3 is 29.9 Å². The highest BCUT2D eigenvalue weighted by atomic mass is 31.2. The summed E-state index contributed by atoms with van der Waals surface area (Å²) in [6.45, 7) is 4.76. The van der Waals surface area contributed by atoms with Crippen LogP contribution in [0.5, 0.6) is 5.75 Å². The Bertz CT molecular complexity index is 1430. The first-order valence-corrected chi connectivity index (χ1v) is 15.6. The van der Waals surface area contributed by atoms with Gasteiger partial charge in [-0.3, -0.25) is 9.32 Å². The van der Waals surface area contributed by atoms with E-state index in [4.69, 9.17) is 24.3 Å². The van der Waals surface area contributed by atoms with Crippen LogP contribution in [0, 0.1) is 5.92 Å². The van der Waals surface area contributed by atoms with Crippen molar-refractivity contribution in [3.8, 4) is 5.75 Å². The number of nitrogens with two attached hydrogens (primary N) is 1. The minimum absolute atomic E-state index is 0.196. The first kappa shape index (κ1) is 30.4. The Labute approximate surface area is 243 Å². The lowest BCUT2D eigenvalue weighted by Gasteiger charge is -2.31. The number of fused-ring (bicyclic) bond motifs is 1. The average Bonchev–Trinajstić information content (AvgIpc) is 3.49. The fourth-order valence-corrected chi connectivity index (χ4v) is 6.91. The van der Waals surface area contributed by atoms with Crippen LogP contribution in [0.2, 0.25) is 0 Å². The van der Waals surface area contributed by atoms with Crippen molar-refractivity contribution in [3.05, 3.63) is 54.5 Å². The Balaban J connectivity index is 1.31. The quantitative estimate of drug-likeness (QED) is 0.197. The summed E-state index contributed by atoms with van der Waals surface area (Å²) in [7, 11) is -4.25. The molecule has 1 aromatic carbocycles. The fraction of sp³-hybridized carbons (Fsp3) is 0.536. The largest absolute Gasteiger partial charge is 0.461 e. The molecule has 228 valence electrons. The number of aliphatic hydroxyl groups is 2. The van der Waals surface area contributed by atoms with Crippen molar-refractivity contribution in [2.24, 2.45) is 5.92 Å². The third-order valence-electron chi connectivity index (χ3n) is 7.90. The first-order chi connectivity index (χ1) is 20.0. The molecule has 1 saturated heterocycles. The Hall–Kier alpha value is -3.06. The molecule has 6 atom stereocenters. The van der Waals surface area contributed by atoms with Crippen LogP contribution >= 0.6 is 7.75 Å². The summed E-state index contributed by atoms with van der Waals surface area (Å²) < 4.78 is 38.9. The normalized spacial score (nSPS) is 30.1. The number of nitrogens with zero attached hydrogens (tertiary/aromatic N) is 3. The fourth-order valence-electron chi connectivity index (χ4n) is 5.33. The Morgan fingerprint density at radius 3 is 2.64 bits per heavy atom. The highest BCUT2D eigenvalue weighted by Crippen LogP contribution is 2.48. The zero-order valence-electron chi connectivity index (χ0n) is 23.8. The van der Waals surface area contributed by atoms with Crippen molar-refractivity contribution in [1.82, 2.24) is 19.7 Å². The Kier molecular flexibility index (Phi) is 8.89. The van der Waals surface area contributed by atoms with Gasteiger partial charge in [-0.2, -0.15) is 10.2 Å². The lowest BCUT2D eigenvalue weighted by molar-refractivity contribution is -0.152. The summed E-state index contributed by atoms with van der Waals surface area (Å²) in [5, 5.41) is 28.8. The van der Waals surface area contributed by atoms with Crippen molar-refractivity contribution in [2.75, 3.05) is 12.3 Å². The summed E-state index contributed by atoms with van der Waals surface area (Å²) >= 11 is 0. The second-order valence-electron chi connectivity index (χ2n) is 11.3. The maximum absolute atomic E-state index is 14.0. The molecule has 1 saturated carbocycles. The van der Waals surface area contributed by atoms with Crippen LogP contribution in [0.1, 0.15) is 58.3 Å². The van der Waals surface area contributed by atoms with E-state index in [-0.39, 0.29) is 17.7 Å². The van der Waals surface area contributed by atoms with E-state index in [9.17, 15) is 19.6 Å². The molecule has 2 aromatic heterocycles. The van der Waals surface area contributed by atoms with E-state index in [1.54, 1.807) is 42.5 Å². The van der Waals surface area contributed by atoms with Crippen LogP contribution in [0.25, 0.3) is 5.52 Å². The van der Waals surface area contributed by atoms with Crippen LogP contribution < -0.4 is 15.3 Å². The van der Waals surface area contributed by atoms with Crippen LogP contribution in [0.3, 0.4) is 0 Å². The molecule has 0 unspecified atom stereocenters. The molecule has 3 aromatic rings. The van der Waals surface area contributed by atoms with Gasteiger partial charge in [0.2, 0.25) is 0 Å². The third-order valence-corrected chi connectivity index (χ3v) is 9.52. The van der Waals surface area contributed by atoms with Gasteiger partial charge in [-0.15, -0.1) is 0 Å². The SMILES string of the molecule is CC1CCC(OC(=O)[C@H](C)N[P@](=O)(OC[C@@]2(C)O[C@@H](c3ccc4c(N)ncnn34)[C@H](O)[C@@H]2O)Oc2ccccc2)CC1. The number of nitrogen functional groups attached to an aromatic ring is 1. The number of anilines is 1. The smallest absolute Gasteiger partial charge is 0.459 e. The highest BCUT2D eigenvalue weighted by molar-refractivity contribution is 7.52. The number of rotatable bonds is 10. The zero-order valence-corrected chi connectivity index (χ0v) is 24.7. The molecule has 0 amide bonds. The molecular formula is C28H38N5O8P. The summed E-state index contributed by atoms with van der Waals surface area (Å²) in [6, 6.07) is 10.7. The maximum atomic E-state index is 14.0. The number of aromatic nitrogens is 3. The van der Waals surface area contributed by atoms with Gasteiger partial charge in [0.05, 0.1) is 12.3 Å². The van der Waals surface area contributed by atoms with Gasteiger partial charge in [0.25, 0.3) is 0 Å². The van der Waals surface area contributed by atoms with Crippen LogP contribution in [-0.4, -0.2) is 67.3 Å². The van der Waals surface area contributed by atoms with Crippen LogP contribution in [0.15, 0.2) is 48.8 Å². The van der Waals surface area contributed by atoms with Gasteiger partial charge in [0, 0.05) is 0 Å². The van der Waals surface area contributed by atoms with E-state index >= 15 is 0 Å². The highest BCUT2D eigenvalue weighted by Gasteiger charge is 2.54. The molecule has 0 radical (unpaired) electrons. The number of hydrogen-bond donors (Lipinski definition) is 4. The maximum Gasteiger partial charge on any atom is 0.459 e. The third kappa shape index (κ3) is 6.46. The van der Waals surface area contributed by atoms with E-state index in [1.165, 1.54) is 24.7 Å². The van der Waals surface area contributed by atoms with Gasteiger partial charge in [-0.25, -0.2) is 14.1 Å². The van der Waals surface area contributed by atoms with E-state index in [1.807, 2.05) is 0 Å². The van der Waals surface area contributed by atoms with Crippen molar-refractivity contribution >= 4 is 25.1 Å². The lowest BCUT2D eigenvalue weighted by atomic mass is 9.89. The van der Waals surface area contributed by atoms with Crippen molar-refractivity contribution in [1.29, 1.82) is 0 Å². The Morgan fingerprint density at radius 2 is 1.93 bits per heavy atom. The molecule has 42 heavy (non-hydrogen) atoms.